The van der Waals surface area contributed by atoms with E-state index in [1.807, 2.05) is 18.2 Å². The monoisotopic (exact) mass is 367 g/mol. The van der Waals surface area contributed by atoms with Gasteiger partial charge in [-0.2, -0.15) is 0 Å². The summed E-state index contributed by atoms with van der Waals surface area (Å²) < 4.78 is 1.94. The highest BCUT2D eigenvalue weighted by atomic mass is 79.9. The van der Waals surface area contributed by atoms with Crippen LogP contribution in [0.3, 0.4) is 0 Å². The van der Waals surface area contributed by atoms with Gasteiger partial charge in [-0.3, -0.25) is 0 Å². The van der Waals surface area contributed by atoms with Crippen LogP contribution in [0.25, 0.3) is 11.2 Å². The van der Waals surface area contributed by atoms with Crippen molar-refractivity contribution >= 4 is 54.5 Å². The van der Waals surface area contributed by atoms with Crippen LogP contribution in [0.4, 0.5) is 11.5 Å². The Morgan fingerprint density at radius 2 is 2.00 bits per heavy atom. The first-order chi connectivity index (χ1) is 8.74. The summed E-state index contributed by atoms with van der Waals surface area (Å²) >= 11 is 6.92. The average Bonchev–Trinajstić information content (AvgIpc) is 2.83. The maximum absolute atomic E-state index is 4.20. The topological polar surface area (TPSA) is 66.5 Å². The third kappa shape index (κ3) is 2.11. The molecule has 0 aliphatic heterocycles. The van der Waals surface area contributed by atoms with Crippen LogP contribution in [-0.4, -0.2) is 19.9 Å². The molecule has 0 bridgehead atoms. The average molecular weight is 369 g/mol. The zero-order valence-electron chi connectivity index (χ0n) is 8.98. The number of imidazole rings is 1. The van der Waals surface area contributed by atoms with E-state index in [0.29, 0.717) is 17.0 Å². The second-order valence-electron chi connectivity index (χ2n) is 3.57. The lowest BCUT2D eigenvalue weighted by Crippen LogP contribution is -1.96. The molecule has 7 heteroatoms. The van der Waals surface area contributed by atoms with Crippen LogP contribution in [0.15, 0.2) is 39.8 Å². The van der Waals surface area contributed by atoms with Gasteiger partial charge in [0.25, 0.3) is 0 Å². The molecule has 0 amide bonds. The van der Waals surface area contributed by atoms with Crippen molar-refractivity contribution in [2.24, 2.45) is 0 Å². The molecule has 2 N–H and O–H groups in total. The first-order valence-electron chi connectivity index (χ1n) is 5.10. The maximum Gasteiger partial charge on any atom is 0.162 e. The number of aromatic nitrogens is 4. The fraction of sp³-hybridized carbons (Fsp3) is 0. The molecule has 0 aliphatic rings. The van der Waals surface area contributed by atoms with Crippen LogP contribution < -0.4 is 5.32 Å². The summed E-state index contributed by atoms with van der Waals surface area (Å²) in [6.45, 7) is 0. The van der Waals surface area contributed by atoms with Crippen LogP contribution in [0.5, 0.6) is 0 Å². The van der Waals surface area contributed by atoms with Gasteiger partial charge in [-0.15, -0.1) is 0 Å². The molecule has 2 aromatic heterocycles. The Kier molecular flexibility index (Phi) is 3.00. The first kappa shape index (κ1) is 11.6. The maximum atomic E-state index is 4.20. The number of aromatic amines is 1. The molecule has 0 saturated carbocycles. The Morgan fingerprint density at radius 3 is 2.89 bits per heavy atom. The Morgan fingerprint density at radius 1 is 1.11 bits per heavy atom. The second-order valence-corrected chi connectivity index (χ2v) is 5.34. The third-order valence-electron chi connectivity index (χ3n) is 2.40. The Hall–Kier alpha value is -1.47. The van der Waals surface area contributed by atoms with Gasteiger partial charge in [0.2, 0.25) is 0 Å². The molecule has 2 heterocycles. The fourth-order valence-corrected chi connectivity index (χ4v) is 2.28. The van der Waals surface area contributed by atoms with Crippen molar-refractivity contribution in [3.05, 3.63) is 39.8 Å². The van der Waals surface area contributed by atoms with Crippen molar-refractivity contribution in [1.82, 2.24) is 19.9 Å². The second kappa shape index (κ2) is 4.66. The number of benzene rings is 1. The normalized spacial score (nSPS) is 10.8. The minimum absolute atomic E-state index is 0.667. The van der Waals surface area contributed by atoms with Gasteiger partial charge in [-0.1, -0.05) is 15.9 Å². The zero-order chi connectivity index (χ0) is 12.5. The van der Waals surface area contributed by atoms with Crippen LogP contribution in [0.1, 0.15) is 0 Å². The number of nitrogens with one attached hydrogen (secondary N) is 2. The van der Waals surface area contributed by atoms with E-state index < -0.39 is 0 Å². The van der Waals surface area contributed by atoms with E-state index in [-0.39, 0.29) is 0 Å². The highest BCUT2D eigenvalue weighted by Crippen LogP contribution is 2.29. The molecule has 0 aliphatic carbocycles. The molecular formula is C11H7Br2N5. The molecular weight excluding hydrogens is 362 g/mol. The molecule has 0 fully saturated rings. The smallest absolute Gasteiger partial charge is 0.162 e. The minimum Gasteiger partial charge on any atom is -0.337 e. The Balaban J connectivity index is 2.06. The number of hydrogen-bond donors (Lipinski definition) is 2. The molecule has 3 aromatic rings. The lowest BCUT2D eigenvalue weighted by Gasteiger charge is -2.08. The highest BCUT2D eigenvalue weighted by molar-refractivity contribution is 9.11. The molecule has 0 saturated heterocycles. The van der Waals surface area contributed by atoms with Crippen molar-refractivity contribution in [2.45, 2.75) is 0 Å². The van der Waals surface area contributed by atoms with Crippen LogP contribution in [0, 0.1) is 0 Å². The van der Waals surface area contributed by atoms with Crippen LogP contribution >= 0.6 is 31.9 Å². The molecule has 3 rings (SSSR count). The van der Waals surface area contributed by atoms with E-state index in [0.717, 1.165) is 14.6 Å². The lowest BCUT2D eigenvalue weighted by atomic mass is 10.3. The summed E-state index contributed by atoms with van der Waals surface area (Å²) in [5.74, 6) is 0.667. The number of H-pyrrole nitrogens is 1. The zero-order valence-corrected chi connectivity index (χ0v) is 12.2. The predicted molar refractivity (Wildman–Crippen MR) is 76.8 cm³/mol. The molecule has 18 heavy (non-hydrogen) atoms. The summed E-state index contributed by atoms with van der Waals surface area (Å²) in [7, 11) is 0. The quantitative estimate of drug-likeness (QED) is 0.724. The Bertz CT molecular complexity index is 709. The van der Waals surface area contributed by atoms with Gasteiger partial charge in [0.05, 0.1) is 12.0 Å². The molecule has 90 valence electrons. The molecule has 0 atom stereocenters. The molecule has 0 radical (unpaired) electrons. The third-order valence-corrected chi connectivity index (χ3v) is 3.58. The van der Waals surface area contributed by atoms with Gasteiger partial charge >= 0.3 is 0 Å². The molecule has 1 aromatic carbocycles. The predicted octanol–water partition coefficient (Wildman–Crippen LogP) is 3.62. The number of halogens is 2. The number of fused-ring (bicyclic) bond motifs is 1. The summed E-state index contributed by atoms with van der Waals surface area (Å²) in [4.78, 5) is 15.4. The van der Waals surface area contributed by atoms with Gasteiger partial charge in [0.1, 0.15) is 6.33 Å². The van der Waals surface area contributed by atoms with E-state index in [1.165, 1.54) is 6.33 Å². The van der Waals surface area contributed by atoms with Crippen molar-refractivity contribution in [2.75, 3.05) is 5.32 Å². The number of nitrogens with zero attached hydrogens (tertiary/aromatic N) is 3. The summed E-state index contributed by atoms with van der Waals surface area (Å²) in [6.07, 6.45) is 3.09. The van der Waals surface area contributed by atoms with Gasteiger partial charge in [0, 0.05) is 8.95 Å². The summed E-state index contributed by atoms with van der Waals surface area (Å²) in [5, 5.41) is 3.23. The molecule has 5 nitrogen and oxygen atoms in total. The van der Waals surface area contributed by atoms with E-state index in [9.17, 15) is 0 Å². The van der Waals surface area contributed by atoms with Crippen molar-refractivity contribution in [3.63, 3.8) is 0 Å². The minimum atomic E-state index is 0.667. The standard InChI is InChI=1S/C11H7Br2N5/c12-6-1-2-7(13)8(3-6)18-11-9-10(15-4-14-9)16-5-17-11/h1-5H,(H2,14,15,16,17,18). The van der Waals surface area contributed by atoms with E-state index >= 15 is 0 Å². The first-order valence-corrected chi connectivity index (χ1v) is 6.69. The SMILES string of the molecule is Brc1ccc(Br)c(Nc2ncnc3[nH]cnc23)c1. The van der Waals surface area contributed by atoms with Crippen LogP contribution in [-0.2, 0) is 0 Å². The van der Waals surface area contributed by atoms with Gasteiger partial charge < -0.3 is 10.3 Å². The van der Waals surface area contributed by atoms with Crippen molar-refractivity contribution < 1.29 is 0 Å². The van der Waals surface area contributed by atoms with Gasteiger partial charge in [-0.05, 0) is 34.1 Å². The summed E-state index contributed by atoms with van der Waals surface area (Å²) in [5.41, 5.74) is 2.33. The number of hydrogen-bond acceptors (Lipinski definition) is 4. The van der Waals surface area contributed by atoms with Gasteiger partial charge in [-0.25, -0.2) is 15.0 Å². The Labute approximate surface area is 119 Å². The summed E-state index contributed by atoms with van der Waals surface area (Å²) in [6, 6.07) is 5.87. The number of rotatable bonds is 2. The molecule has 0 spiro atoms. The van der Waals surface area contributed by atoms with E-state index in [2.05, 4.69) is 57.1 Å². The number of anilines is 2. The van der Waals surface area contributed by atoms with E-state index in [1.54, 1.807) is 6.33 Å². The van der Waals surface area contributed by atoms with E-state index in [4.69, 9.17) is 0 Å². The molecule has 0 unspecified atom stereocenters. The highest BCUT2D eigenvalue weighted by Gasteiger charge is 2.08. The fourth-order valence-electron chi connectivity index (χ4n) is 1.58. The van der Waals surface area contributed by atoms with Gasteiger partial charge in [0.15, 0.2) is 17.0 Å². The largest absolute Gasteiger partial charge is 0.337 e. The van der Waals surface area contributed by atoms with Crippen molar-refractivity contribution in [3.8, 4) is 0 Å². The lowest BCUT2D eigenvalue weighted by molar-refractivity contribution is 1.20. The van der Waals surface area contributed by atoms with Crippen molar-refractivity contribution in [1.29, 1.82) is 0 Å². The van der Waals surface area contributed by atoms with Crippen LogP contribution in [0.2, 0.25) is 0 Å².